The number of anilines is 1. The van der Waals surface area contributed by atoms with Crippen LogP contribution in [-0.2, 0) is 6.54 Å². The monoisotopic (exact) mass is 354 g/mol. The van der Waals surface area contributed by atoms with Crippen LogP contribution < -0.4 is 5.73 Å². The molecule has 120 valence electrons. The second kappa shape index (κ2) is 9.47. The predicted octanol–water partition coefficient (Wildman–Crippen LogP) is 5.52. The average Bonchev–Trinajstić information content (AvgIpc) is 2.52. The Kier molecular flexibility index (Phi) is 8.35. The molecule has 0 heterocycles. The molecule has 0 aromatic heterocycles. The molecule has 1 aliphatic rings. The van der Waals surface area contributed by atoms with Crippen molar-refractivity contribution in [2.45, 2.75) is 72.4 Å². The van der Waals surface area contributed by atoms with Gasteiger partial charge in [0, 0.05) is 17.1 Å². The summed E-state index contributed by atoms with van der Waals surface area (Å²) in [4.78, 5) is 2.59. The summed E-state index contributed by atoms with van der Waals surface area (Å²) in [6.07, 6.45) is 6.87. The van der Waals surface area contributed by atoms with Crippen LogP contribution in [0.2, 0.25) is 0 Å². The largest absolute Gasteiger partial charge is 0.398 e. The molecule has 0 saturated heterocycles. The number of hydrogen-bond donors (Lipinski definition) is 1. The highest BCUT2D eigenvalue weighted by Crippen LogP contribution is 2.29. The molecule has 3 heteroatoms. The SMILES string of the molecule is CC.CCN(Cc1cc(C)cc(Br)c1N)C1CCCCC1. The van der Waals surface area contributed by atoms with Gasteiger partial charge in [0.05, 0.1) is 5.69 Å². The van der Waals surface area contributed by atoms with Crippen LogP contribution in [0.1, 0.15) is 64.0 Å². The van der Waals surface area contributed by atoms with Crippen molar-refractivity contribution < 1.29 is 0 Å². The van der Waals surface area contributed by atoms with Crippen molar-refractivity contribution in [1.29, 1.82) is 0 Å². The molecule has 2 nitrogen and oxygen atoms in total. The Morgan fingerprint density at radius 1 is 1.19 bits per heavy atom. The summed E-state index contributed by atoms with van der Waals surface area (Å²) >= 11 is 3.56. The van der Waals surface area contributed by atoms with Crippen LogP contribution in [0.25, 0.3) is 0 Å². The van der Waals surface area contributed by atoms with Crippen molar-refractivity contribution in [3.63, 3.8) is 0 Å². The van der Waals surface area contributed by atoms with E-state index in [0.717, 1.165) is 29.3 Å². The summed E-state index contributed by atoms with van der Waals surface area (Å²) in [6.45, 7) is 10.5. The zero-order chi connectivity index (χ0) is 15.8. The molecule has 0 radical (unpaired) electrons. The maximum atomic E-state index is 6.21. The van der Waals surface area contributed by atoms with E-state index in [1.165, 1.54) is 43.2 Å². The summed E-state index contributed by atoms with van der Waals surface area (Å²) in [5, 5.41) is 0. The molecular formula is C18H31BrN2. The highest BCUT2D eigenvalue weighted by Gasteiger charge is 2.20. The topological polar surface area (TPSA) is 29.3 Å². The number of nitrogen functional groups attached to an aromatic ring is 1. The van der Waals surface area contributed by atoms with Crippen LogP contribution in [-0.4, -0.2) is 17.5 Å². The number of nitrogens with two attached hydrogens (primary N) is 1. The molecule has 2 rings (SSSR count). The highest BCUT2D eigenvalue weighted by molar-refractivity contribution is 9.10. The maximum Gasteiger partial charge on any atom is 0.0504 e. The van der Waals surface area contributed by atoms with Gasteiger partial charge in [-0.2, -0.15) is 0 Å². The number of halogens is 1. The van der Waals surface area contributed by atoms with Gasteiger partial charge in [0.15, 0.2) is 0 Å². The number of benzene rings is 1. The van der Waals surface area contributed by atoms with Gasteiger partial charge in [-0.15, -0.1) is 0 Å². The second-order valence-corrected chi connectivity index (χ2v) is 6.53. The highest BCUT2D eigenvalue weighted by atomic mass is 79.9. The zero-order valence-electron chi connectivity index (χ0n) is 14.1. The third-order valence-corrected chi connectivity index (χ3v) is 4.89. The van der Waals surface area contributed by atoms with E-state index in [4.69, 9.17) is 5.73 Å². The molecule has 1 fully saturated rings. The molecule has 0 aliphatic heterocycles. The van der Waals surface area contributed by atoms with Crippen LogP contribution in [0.3, 0.4) is 0 Å². The quantitative estimate of drug-likeness (QED) is 0.721. The Bertz CT molecular complexity index is 425. The standard InChI is InChI=1S/C16H25BrN2.C2H6/c1-3-19(14-7-5-4-6-8-14)11-13-9-12(2)10-15(17)16(13)18;1-2/h9-10,14H,3-8,11,18H2,1-2H3;1-2H3. The molecule has 0 amide bonds. The summed E-state index contributed by atoms with van der Waals surface area (Å²) in [5.74, 6) is 0. The van der Waals surface area contributed by atoms with E-state index in [-0.39, 0.29) is 0 Å². The fraction of sp³-hybridized carbons (Fsp3) is 0.667. The van der Waals surface area contributed by atoms with E-state index < -0.39 is 0 Å². The van der Waals surface area contributed by atoms with Gasteiger partial charge < -0.3 is 5.73 Å². The van der Waals surface area contributed by atoms with Gasteiger partial charge in [0.1, 0.15) is 0 Å². The molecule has 1 saturated carbocycles. The number of rotatable bonds is 4. The van der Waals surface area contributed by atoms with Crippen molar-refractivity contribution in [2.24, 2.45) is 0 Å². The first-order valence-corrected chi connectivity index (χ1v) is 9.19. The van der Waals surface area contributed by atoms with Gasteiger partial charge in [-0.25, -0.2) is 0 Å². The molecule has 0 spiro atoms. The lowest BCUT2D eigenvalue weighted by atomic mass is 9.93. The molecule has 0 unspecified atom stereocenters. The number of aryl methyl sites for hydroxylation is 1. The molecule has 0 atom stereocenters. The first-order valence-electron chi connectivity index (χ1n) is 8.40. The van der Waals surface area contributed by atoms with Gasteiger partial charge in [-0.3, -0.25) is 4.90 Å². The Balaban J connectivity index is 0.00000106. The van der Waals surface area contributed by atoms with Crippen LogP contribution >= 0.6 is 15.9 Å². The molecule has 1 aromatic carbocycles. The maximum absolute atomic E-state index is 6.21. The lowest BCUT2D eigenvalue weighted by Crippen LogP contribution is -2.36. The van der Waals surface area contributed by atoms with Crippen LogP contribution in [0.4, 0.5) is 5.69 Å². The number of nitrogens with zero attached hydrogens (tertiary/aromatic N) is 1. The Hall–Kier alpha value is -0.540. The van der Waals surface area contributed by atoms with E-state index in [0.29, 0.717) is 0 Å². The minimum absolute atomic E-state index is 0.748. The average molecular weight is 355 g/mol. The van der Waals surface area contributed by atoms with Crippen molar-refractivity contribution in [1.82, 2.24) is 4.90 Å². The first-order chi connectivity index (χ1) is 10.1. The minimum atomic E-state index is 0.748. The Labute approximate surface area is 139 Å². The third-order valence-electron chi connectivity index (χ3n) is 4.23. The summed E-state index contributed by atoms with van der Waals surface area (Å²) in [6, 6.07) is 5.07. The molecular weight excluding hydrogens is 324 g/mol. The lowest BCUT2D eigenvalue weighted by molar-refractivity contribution is 0.156. The minimum Gasteiger partial charge on any atom is -0.398 e. The van der Waals surface area contributed by atoms with E-state index in [1.54, 1.807) is 0 Å². The lowest BCUT2D eigenvalue weighted by Gasteiger charge is -2.34. The van der Waals surface area contributed by atoms with Crippen molar-refractivity contribution in [3.05, 3.63) is 27.7 Å². The van der Waals surface area contributed by atoms with Crippen LogP contribution in [0.5, 0.6) is 0 Å². The van der Waals surface area contributed by atoms with Crippen molar-refractivity contribution in [3.8, 4) is 0 Å². The van der Waals surface area contributed by atoms with Crippen LogP contribution in [0, 0.1) is 6.92 Å². The molecule has 1 aromatic rings. The fourth-order valence-corrected chi connectivity index (χ4v) is 3.74. The normalized spacial score (nSPS) is 15.7. The van der Waals surface area contributed by atoms with Gasteiger partial charge in [-0.1, -0.05) is 46.1 Å². The van der Waals surface area contributed by atoms with E-state index in [2.05, 4.69) is 46.8 Å². The summed E-state index contributed by atoms with van der Waals surface area (Å²) < 4.78 is 1.03. The predicted molar refractivity (Wildman–Crippen MR) is 97.6 cm³/mol. The summed E-state index contributed by atoms with van der Waals surface area (Å²) in [7, 11) is 0. The van der Waals surface area contributed by atoms with Gasteiger partial charge >= 0.3 is 0 Å². The van der Waals surface area contributed by atoms with Gasteiger partial charge in [0.2, 0.25) is 0 Å². The van der Waals surface area contributed by atoms with Gasteiger partial charge in [0.25, 0.3) is 0 Å². The van der Waals surface area contributed by atoms with Crippen LogP contribution in [0.15, 0.2) is 16.6 Å². The first kappa shape index (κ1) is 18.5. The Morgan fingerprint density at radius 2 is 1.81 bits per heavy atom. The summed E-state index contributed by atoms with van der Waals surface area (Å²) in [5.41, 5.74) is 9.65. The van der Waals surface area contributed by atoms with E-state index in [1.807, 2.05) is 13.8 Å². The Morgan fingerprint density at radius 3 is 2.38 bits per heavy atom. The van der Waals surface area contributed by atoms with Gasteiger partial charge in [-0.05, 0) is 59.4 Å². The smallest absolute Gasteiger partial charge is 0.0504 e. The molecule has 0 bridgehead atoms. The number of hydrogen-bond acceptors (Lipinski definition) is 2. The molecule has 1 aliphatic carbocycles. The molecule has 21 heavy (non-hydrogen) atoms. The second-order valence-electron chi connectivity index (χ2n) is 5.67. The van der Waals surface area contributed by atoms with Crippen molar-refractivity contribution >= 4 is 21.6 Å². The fourth-order valence-electron chi connectivity index (χ4n) is 3.12. The third kappa shape index (κ3) is 5.30. The molecule has 2 N–H and O–H groups in total. The van der Waals surface area contributed by atoms with E-state index >= 15 is 0 Å². The van der Waals surface area contributed by atoms with E-state index in [9.17, 15) is 0 Å². The zero-order valence-corrected chi connectivity index (χ0v) is 15.7. The van der Waals surface area contributed by atoms with Crippen molar-refractivity contribution in [2.75, 3.05) is 12.3 Å².